The normalized spacial score (nSPS) is 28.3. The van der Waals surface area contributed by atoms with E-state index in [1.165, 1.54) is 38.5 Å². The van der Waals surface area contributed by atoms with Crippen LogP contribution in [0.5, 0.6) is 0 Å². The Morgan fingerprint density at radius 3 is 0.889 bits per heavy atom. The van der Waals surface area contributed by atoms with Crippen LogP contribution < -0.4 is 0 Å². The summed E-state index contributed by atoms with van der Waals surface area (Å²) in [7, 11) is -5.72. The molecule has 0 amide bonds. The standard InChI is InChI=1S/2C14H22P.C8H12.BF4.Fe.Rh/c2*1-10(2)13-9-14(11(3)4)15(13)12-7-5-6-8-12;1-2-4-6-8-7-5-3-1;2-1(3,4)5;;/h2*5-8,10-11,13-14H,9H2,1-4H3;1-2,7-8H,3-6H2;;;/q;;;-1;+2;/t2*13-,14-;;;;/m00..../s1. The molecule has 0 aromatic heterocycles. The van der Waals surface area contributed by atoms with Crippen molar-refractivity contribution in [3.8, 4) is 0 Å². The molecule has 4 atom stereocenters. The predicted molar refractivity (Wildman–Crippen MR) is 184 cm³/mol. The van der Waals surface area contributed by atoms with Gasteiger partial charge in [0.15, 0.2) is 0 Å². The summed E-state index contributed by atoms with van der Waals surface area (Å²) in [6.07, 6.45) is 35.1. The molecule has 0 bridgehead atoms. The zero-order valence-corrected chi connectivity index (χ0v) is 33.0. The molecule has 0 unspecified atom stereocenters. The molecule has 0 aromatic rings. The van der Waals surface area contributed by atoms with Gasteiger partial charge in [-0.05, 0) is 162 Å². The number of hydrogen-bond acceptors (Lipinski definition) is 0. The fourth-order valence-corrected chi connectivity index (χ4v) is 13.4. The summed E-state index contributed by atoms with van der Waals surface area (Å²) < 4.78 is 39.0. The monoisotopic (exact) mass is 796 g/mol. The van der Waals surface area contributed by atoms with Crippen molar-refractivity contribution in [1.29, 1.82) is 0 Å². The van der Waals surface area contributed by atoms with Crippen molar-refractivity contribution in [2.24, 2.45) is 23.7 Å². The summed E-state index contributed by atoms with van der Waals surface area (Å²) in [4.78, 5) is 0. The van der Waals surface area contributed by atoms with Crippen LogP contribution in [-0.2, 0) is 36.5 Å². The van der Waals surface area contributed by atoms with Gasteiger partial charge in [0.25, 0.3) is 0 Å². The van der Waals surface area contributed by atoms with E-state index in [1.807, 2.05) is 0 Å². The van der Waals surface area contributed by atoms with Gasteiger partial charge >= 0.3 is 24.3 Å². The fourth-order valence-electron chi connectivity index (χ4n) is 6.23. The van der Waals surface area contributed by atoms with Crippen LogP contribution in [0.25, 0.3) is 0 Å². The van der Waals surface area contributed by atoms with E-state index in [1.54, 1.807) is 11.3 Å². The molecule has 9 heteroatoms. The molecule has 257 valence electrons. The second kappa shape index (κ2) is 24.1. The molecule has 0 N–H and O–H groups in total. The second-order valence-corrected chi connectivity index (χ2v) is 18.7. The van der Waals surface area contributed by atoms with Crippen LogP contribution in [0.2, 0.25) is 0 Å². The molecule has 5 rings (SSSR count). The molecule has 0 nitrogen and oxygen atoms in total. The van der Waals surface area contributed by atoms with Crippen molar-refractivity contribution in [3.63, 3.8) is 0 Å². The van der Waals surface area contributed by atoms with Crippen LogP contribution in [0.3, 0.4) is 0 Å². The third-order valence-electron chi connectivity index (χ3n) is 8.69. The Balaban J connectivity index is 0.000000608. The molecular weight excluding hydrogens is 740 g/mol. The van der Waals surface area contributed by atoms with Gasteiger partial charge in [-0.2, -0.15) is 0 Å². The molecule has 5 aliphatic rings. The molecule has 2 saturated heterocycles. The Morgan fingerprint density at radius 1 is 0.511 bits per heavy atom. The molecule has 5 fully saturated rings. The van der Waals surface area contributed by atoms with Crippen LogP contribution in [0.1, 0.15) is 93.9 Å². The first-order valence-corrected chi connectivity index (χ1v) is 19.4. The van der Waals surface area contributed by atoms with Crippen LogP contribution in [0, 0.1) is 112 Å². The number of halogens is 4. The number of rotatable bonds is 6. The van der Waals surface area contributed by atoms with Gasteiger partial charge < -0.3 is 17.3 Å². The molecule has 2 heterocycles. The van der Waals surface area contributed by atoms with Crippen molar-refractivity contribution in [2.75, 3.05) is 0 Å². The SMILES string of the molecule is CC(C)[C@@H]1C[C@@H](C(C)C)P1[C]1[CH][CH][CH][CH]1.CC(C)[C@@H]1C[C@@H](C(C)C)P1[C]1[CH][CH][CH][CH]1.F[B-](F)(F)F.[CH]1[CH]CC[CH][CH]CC1.[Fe+2].[Rh]. The fraction of sp³-hybridized carbons (Fsp3) is 0.611. The zero-order chi connectivity index (χ0) is 32.2. The third-order valence-corrected chi connectivity index (χ3v) is 16.6. The molecule has 3 saturated carbocycles. The van der Waals surface area contributed by atoms with E-state index in [4.69, 9.17) is 0 Å². The van der Waals surface area contributed by atoms with E-state index in [9.17, 15) is 17.3 Å². The summed E-state index contributed by atoms with van der Waals surface area (Å²) in [5.41, 5.74) is 7.22. The van der Waals surface area contributed by atoms with E-state index in [-0.39, 0.29) is 52.4 Å². The van der Waals surface area contributed by atoms with Crippen molar-refractivity contribution >= 4 is 23.1 Å². The Hall–Kier alpha value is 1.79. The molecule has 2 aliphatic heterocycles. The van der Waals surface area contributed by atoms with Gasteiger partial charge in [0.1, 0.15) is 0 Å². The van der Waals surface area contributed by atoms with Gasteiger partial charge in [-0.25, -0.2) is 0 Å². The van der Waals surface area contributed by atoms with Crippen molar-refractivity contribution in [2.45, 2.75) is 117 Å². The van der Waals surface area contributed by atoms with E-state index in [0.717, 1.165) is 46.3 Å². The summed E-state index contributed by atoms with van der Waals surface area (Å²) in [5, 5.41) is 0. The number of hydrogen-bond donors (Lipinski definition) is 0. The Bertz CT molecular complexity index is 621. The molecule has 0 spiro atoms. The maximum atomic E-state index is 9.75. The zero-order valence-electron chi connectivity index (χ0n) is 28.5. The van der Waals surface area contributed by atoms with Gasteiger partial charge in [0.2, 0.25) is 0 Å². The first-order valence-electron chi connectivity index (χ1n) is 16.4. The van der Waals surface area contributed by atoms with Crippen LogP contribution in [0.15, 0.2) is 0 Å². The van der Waals surface area contributed by atoms with E-state index < -0.39 is 7.25 Å². The molecule has 3 aliphatic carbocycles. The Morgan fingerprint density at radius 2 is 0.711 bits per heavy atom. The van der Waals surface area contributed by atoms with Crippen LogP contribution >= 0.6 is 15.8 Å². The predicted octanol–water partition coefficient (Wildman–Crippen LogP) is 12.2. The van der Waals surface area contributed by atoms with Gasteiger partial charge in [0, 0.05) is 30.8 Å². The minimum Gasteiger partial charge on any atom is -0.418 e. The molecule has 15 radical (unpaired) electrons. The van der Waals surface area contributed by atoms with E-state index >= 15 is 0 Å². The van der Waals surface area contributed by atoms with Crippen LogP contribution in [0.4, 0.5) is 17.3 Å². The van der Waals surface area contributed by atoms with Gasteiger partial charge in [-0.3, -0.25) is 0 Å². The molecule has 45 heavy (non-hydrogen) atoms. The summed E-state index contributed by atoms with van der Waals surface area (Å²) >= 11 is 0. The molecule has 0 aromatic carbocycles. The third kappa shape index (κ3) is 17.0. The van der Waals surface area contributed by atoms with Crippen LogP contribution in [-0.4, -0.2) is 29.9 Å². The average molecular weight is 796 g/mol. The first-order chi connectivity index (χ1) is 20.2. The van der Waals surface area contributed by atoms with Gasteiger partial charge in [-0.1, -0.05) is 71.2 Å². The van der Waals surface area contributed by atoms with E-state index in [2.05, 4.69) is 132 Å². The smallest absolute Gasteiger partial charge is 0.418 e. The summed E-state index contributed by atoms with van der Waals surface area (Å²) in [5.74, 6) is 3.45. The molecular formula is C36H56BF4FeP2Rh+. The minimum atomic E-state index is -6.00. The van der Waals surface area contributed by atoms with Crippen molar-refractivity contribution in [3.05, 3.63) is 88.4 Å². The maximum Gasteiger partial charge on any atom is 2.00 e. The van der Waals surface area contributed by atoms with Crippen molar-refractivity contribution in [1.82, 2.24) is 0 Å². The van der Waals surface area contributed by atoms with E-state index in [0.29, 0.717) is 0 Å². The maximum absolute atomic E-state index is 9.75. The first kappa shape index (κ1) is 46.8. The second-order valence-electron chi connectivity index (χ2n) is 13.4. The summed E-state index contributed by atoms with van der Waals surface area (Å²) in [6, 6.07) is 0. The largest absolute Gasteiger partial charge is 2.00 e. The average Bonchev–Trinajstić information content (AvgIpc) is 3.51. The van der Waals surface area contributed by atoms with Gasteiger partial charge in [-0.15, -0.1) is 0 Å². The Labute approximate surface area is 303 Å². The summed E-state index contributed by atoms with van der Waals surface area (Å²) in [6.45, 7) is 19.1. The van der Waals surface area contributed by atoms with Gasteiger partial charge in [0.05, 0.1) is 0 Å². The van der Waals surface area contributed by atoms with Crippen molar-refractivity contribution < 1.29 is 53.8 Å². The topological polar surface area (TPSA) is 0 Å². The quantitative estimate of drug-likeness (QED) is 0.143. The Kier molecular flexibility index (Phi) is 25.0. The minimum absolute atomic E-state index is 0.